The average molecular weight is 305 g/mol. The number of ether oxygens (including phenoxy) is 2. The monoisotopic (exact) mass is 305 g/mol. The highest BCUT2D eigenvalue weighted by Gasteiger charge is 2.16. The van der Waals surface area contributed by atoms with E-state index in [0.29, 0.717) is 26.4 Å². The second-order valence-corrected chi connectivity index (χ2v) is 6.08. The van der Waals surface area contributed by atoms with Crippen LogP contribution in [0, 0.1) is 0 Å². The molecule has 1 aromatic rings. The minimum atomic E-state index is -3.48. The van der Waals surface area contributed by atoms with E-state index in [-0.39, 0.29) is 11.4 Å². The zero-order valence-electron chi connectivity index (χ0n) is 12.2. The molecule has 0 aromatic carbocycles. The molecule has 0 bridgehead atoms. The van der Waals surface area contributed by atoms with Crippen LogP contribution in [0.5, 0.6) is 0 Å². The van der Waals surface area contributed by atoms with Gasteiger partial charge in [0.25, 0.3) is 0 Å². The smallest absolute Gasteiger partial charge is 0.242 e. The van der Waals surface area contributed by atoms with E-state index < -0.39 is 10.0 Å². The highest BCUT2D eigenvalue weighted by molar-refractivity contribution is 7.89. The van der Waals surface area contributed by atoms with Gasteiger partial charge >= 0.3 is 0 Å². The van der Waals surface area contributed by atoms with E-state index in [1.165, 1.54) is 0 Å². The van der Waals surface area contributed by atoms with Gasteiger partial charge in [-0.3, -0.25) is 0 Å². The van der Waals surface area contributed by atoms with Crippen LogP contribution in [0.2, 0.25) is 0 Å². The molecule has 0 radical (unpaired) electrons. The van der Waals surface area contributed by atoms with Crippen molar-refractivity contribution in [1.82, 2.24) is 14.6 Å². The SMILES string of the molecule is CNCc1cc(S(=O)(=O)NCCOCCOC)cn1C. The summed E-state index contributed by atoms with van der Waals surface area (Å²) in [4.78, 5) is 0.266. The minimum Gasteiger partial charge on any atom is -0.382 e. The molecular formula is C12H23N3O4S. The number of rotatable bonds is 10. The molecule has 1 heterocycles. The van der Waals surface area contributed by atoms with Crippen molar-refractivity contribution >= 4 is 10.0 Å². The van der Waals surface area contributed by atoms with Gasteiger partial charge in [-0.15, -0.1) is 0 Å². The molecule has 0 spiro atoms. The number of aryl methyl sites for hydroxylation is 1. The molecule has 1 aromatic heterocycles. The molecule has 0 aliphatic rings. The fraction of sp³-hybridized carbons (Fsp3) is 0.667. The molecule has 0 aliphatic carbocycles. The van der Waals surface area contributed by atoms with Gasteiger partial charge in [0.15, 0.2) is 0 Å². The maximum atomic E-state index is 12.1. The van der Waals surface area contributed by atoms with E-state index in [0.717, 1.165) is 5.69 Å². The highest BCUT2D eigenvalue weighted by atomic mass is 32.2. The van der Waals surface area contributed by atoms with Gasteiger partial charge in [0.05, 0.1) is 24.7 Å². The van der Waals surface area contributed by atoms with Gasteiger partial charge < -0.3 is 19.4 Å². The van der Waals surface area contributed by atoms with E-state index in [4.69, 9.17) is 9.47 Å². The number of hydrogen-bond donors (Lipinski definition) is 2. The molecule has 116 valence electrons. The molecule has 7 nitrogen and oxygen atoms in total. The predicted octanol–water partition coefficient (Wildman–Crippen LogP) is -0.314. The van der Waals surface area contributed by atoms with Crippen LogP contribution in [-0.4, -0.2) is 53.5 Å². The van der Waals surface area contributed by atoms with Gasteiger partial charge in [-0.2, -0.15) is 0 Å². The quantitative estimate of drug-likeness (QED) is 0.579. The van der Waals surface area contributed by atoms with Gasteiger partial charge in [0, 0.05) is 39.1 Å². The standard InChI is InChI=1S/C12H23N3O4S/c1-13-9-11-8-12(10-15(11)2)20(16,17)14-4-5-19-7-6-18-3/h8,10,13-14H,4-7,9H2,1-3H3. The molecule has 8 heteroatoms. The molecule has 0 saturated heterocycles. The summed E-state index contributed by atoms with van der Waals surface area (Å²) in [5, 5.41) is 2.99. The second-order valence-electron chi connectivity index (χ2n) is 4.31. The van der Waals surface area contributed by atoms with E-state index in [1.54, 1.807) is 23.9 Å². The lowest BCUT2D eigenvalue weighted by Crippen LogP contribution is -2.27. The third-order valence-electron chi connectivity index (χ3n) is 2.72. The Balaban J connectivity index is 2.49. The van der Waals surface area contributed by atoms with Crippen molar-refractivity contribution < 1.29 is 17.9 Å². The summed E-state index contributed by atoms with van der Waals surface area (Å²) in [7, 11) is 1.74. The van der Waals surface area contributed by atoms with Crippen LogP contribution >= 0.6 is 0 Å². The Bertz CT molecular complexity index is 499. The Kier molecular flexibility index (Phi) is 7.17. The summed E-state index contributed by atoms with van der Waals surface area (Å²) in [6, 6.07) is 1.66. The largest absolute Gasteiger partial charge is 0.382 e. The van der Waals surface area contributed by atoms with E-state index >= 15 is 0 Å². The normalized spacial score (nSPS) is 11.9. The van der Waals surface area contributed by atoms with E-state index in [1.807, 2.05) is 14.1 Å². The van der Waals surface area contributed by atoms with E-state index in [2.05, 4.69) is 10.0 Å². The zero-order valence-corrected chi connectivity index (χ0v) is 13.0. The first kappa shape index (κ1) is 17.1. The van der Waals surface area contributed by atoms with Crippen LogP contribution in [-0.2, 0) is 33.1 Å². The summed E-state index contributed by atoms with van der Waals surface area (Å²) in [5.41, 5.74) is 0.907. The molecule has 20 heavy (non-hydrogen) atoms. The Morgan fingerprint density at radius 1 is 1.30 bits per heavy atom. The van der Waals surface area contributed by atoms with Gasteiger partial charge in [0.1, 0.15) is 0 Å². The van der Waals surface area contributed by atoms with Crippen LogP contribution in [0.1, 0.15) is 5.69 Å². The van der Waals surface area contributed by atoms with Crippen molar-refractivity contribution in [3.8, 4) is 0 Å². The first-order chi connectivity index (χ1) is 9.51. The number of sulfonamides is 1. The van der Waals surface area contributed by atoms with Gasteiger partial charge in [0.2, 0.25) is 10.0 Å². The average Bonchev–Trinajstić information content (AvgIpc) is 2.77. The van der Waals surface area contributed by atoms with Crippen LogP contribution in [0.4, 0.5) is 0 Å². The van der Waals surface area contributed by atoms with Gasteiger partial charge in [-0.1, -0.05) is 0 Å². The molecule has 1 rings (SSSR count). The van der Waals surface area contributed by atoms with Crippen molar-refractivity contribution in [3.05, 3.63) is 18.0 Å². The first-order valence-corrected chi connectivity index (χ1v) is 7.85. The number of hydrogen-bond acceptors (Lipinski definition) is 5. The van der Waals surface area contributed by atoms with Gasteiger partial charge in [-0.25, -0.2) is 13.1 Å². The Morgan fingerprint density at radius 3 is 2.70 bits per heavy atom. The summed E-state index contributed by atoms with van der Waals surface area (Å²) in [5.74, 6) is 0. The number of aromatic nitrogens is 1. The molecule has 0 fully saturated rings. The summed E-state index contributed by atoms with van der Waals surface area (Å²) < 4.78 is 38.5. The Hall–Kier alpha value is -0.930. The third-order valence-corrected chi connectivity index (χ3v) is 4.15. The lowest BCUT2D eigenvalue weighted by Gasteiger charge is -2.05. The summed E-state index contributed by atoms with van der Waals surface area (Å²) in [6.07, 6.45) is 1.60. The van der Waals surface area contributed by atoms with Crippen LogP contribution in [0.25, 0.3) is 0 Å². The van der Waals surface area contributed by atoms with Crippen LogP contribution in [0.15, 0.2) is 17.2 Å². The second kappa shape index (κ2) is 8.38. The Morgan fingerprint density at radius 2 is 2.05 bits per heavy atom. The summed E-state index contributed by atoms with van der Waals surface area (Å²) >= 11 is 0. The Labute approximate surface area is 120 Å². The van der Waals surface area contributed by atoms with Crippen LogP contribution in [0.3, 0.4) is 0 Å². The maximum absolute atomic E-state index is 12.1. The number of methoxy groups -OCH3 is 1. The topological polar surface area (TPSA) is 81.6 Å². The first-order valence-electron chi connectivity index (χ1n) is 6.37. The fourth-order valence-electron chi connectivity index (χ4n) is 1.66. The summed E-state index contributed by atoms with van der Waals surface area (Å²) in [6.45, 7) is 2.13. The molecular weight excluding hydrogens is 282 g/mol. The van der Waals surface area contributed by atoms with Crippen molar-refractivity contribution in [2.75, 3.05) is 40.5 Å². The van der Waals surface area contributed by atoms with E-state index in [9.17, 15) is 8.42 Å². The molecule has 0 saturated carbocycles. The minimum absolute atomic E-state index is 0.238. The highest BCUT2D eigenvalue weighted by Crippen LogP contribution is 2.12. The third kappa shape index (κ3) is 5.22. The fourth-order valence-corrected chi connectivity index (χ4v) is 2.76. The number of nitrogens with one attached hydrogen (secondary N) is 2. The maximum Gasteiger partial charge on any atom is 0.242 e. The van der Waals surface area contributed by atoms with Crippen molar-refractivity contribution in [3.63, 3.8) is 0 Å². The van der Waals surface area contributed by atoms with Crippen LogP contribution < -0.4 is 10.0 Å². The molecule has 0 amide bonds. The van der Waals surface area contributed by atoms with Gasteiger partial charge in [-0.05, 0) is 13.1 Å². The van der Waals surface area contributed by atoms with Crippen molar-refractivity contribution in [2.24, 2.45) is 7.05 Å². The molecule has 2 N–H and O–H groups in total. The van der Waals surface area contributed by atoms with Crippen molar-refractivity contribution in [2.45, 2.75) is 11.4 Å². The predicted molar refractivity (Wildman–Crippen MR) is 76.1 cm³/mol. The number of nitrogens with zero attached hydrogens (tertiary/aromatic N) is 1. The molecule has 0 aliphatic heterocycles. The lowest BCUT2D eigenvalue weighted by molar-refractivity contribution is 0.0736. The van der Waals surface area contributed by atoms with Crippen molar-refractivity contribution in [1.29, 1.82) is 0 Å². The zero-order chi connectivity index (χ0) is 15.0. The lowest BCUT2D eigenvalue weighted by atomic mass is 10.4. The molecule has 0 atom stereocenters. The molecule has 0 unspecified atom stereocenters.